The highest BCUT2D eigenvalue weighted by Crippen LogP contribution is 2.39. The van der Waals surface area contributed by atoms with Crippen molar-refractivity contribution in [2.45, 2.75) is 77.9 Å². The Hall–Kier alpha value is -3.68. The van der Waals surface area contributed by atoms with E-state index in [9.17, 15) is 19.2 Å². The highest BCUT2D eigenvalue weighted by molar-refractivity contribution is 6.08. The number of nitrogens with zero attached hydrogens (tertiary/aromatic N) is 1. The molecule has 2 aromatic rings. The van der Waals surface area contributed by atoms with Crippen molar-refractivity contribution in [3.8, 4) is 0 Å². The first-order valence-corrected chi connectivity index (χ1v) is 14.1. The Morgan fingerprint density at radius 2 is 1.74 bits per heavy atom. The maximum Gasteiger partial charge on any atom is 0.250 e. The minimum Gasteiger partial charge on any atom is -0.369 e. The van der Waals surface area contributed by atoms with Gasteiger partial charge in [-0.1, -0.05) is 75.7 Å². The van der Waals surface area contributed by atoms with Crippen LogP contribution in [0.4, 0.5) is 5.69 Å². The van der Waals surface area contributed by atoms with E-state index in [4.69, 9.17) is 5.73 Å². The van der Waals surface area contributed by atoms with Crippen LogP contribution in [0.1, 0.15) is 63.1 Å². The average Bonchev–Trinajstić information content (AvgIpc) is 3.25. The van der Waals surface area contributed by atoms with Crippen molar-refractivity contribution in [3.05, 3.63) is 65.2 Å². The van der Waals surface area contributed by atoms with E-state index in [-0.39, 0.29) is 23.6 Å². The van der Waals surface area contributed by atoms with Crippen LogP contribution < -0.4 is 21.3 Å². The topological polar surface area (TPSA) is 122 Å². The third-order valence-corrected chi connectivity index (χ3v) is 7.85. The number of anilines is 1. The fourth-order valence-corrected chi connectivity index (χ4v) is 5.97. The van der Waals surface area contributed by atoms with Crippen molar-refractivity contribution in [3.63, 3.8) is 0 Å². The quantitative estimate of drug-likeness (QED) is 0.411. The van der Waals surface area contributed by atoms with Crippen LogP contribution in [0, 0.1) is 17.8 Å². The minimum atomic E-state index is -0.801. The molecule has 8 nitrogen and oxygen atoms in total. The van der Waals surface area contributed by atoms with Gasteiger partial charge in [0, 0.05) is 24.8 Å². The van der Waals surface area contributed by atoms with E-state index in [1.165, 1.54) is 0 Å². The molecule has 2 aromatic carbocycles. The zero-order valence-electron chi connectivity index (χ0n) is 23.1. The number of carbonyl (C=O) groups excluding carboxylic acids is 4. The molecule has 39 heavy (non-hydrogen) atoms. The number of nitrogens with two attached hydrogens (primary N) is 1. The van der Waals surface area contributed by atoms with E-state index < -0.39 is 29.8 Å². The first-order chi connectivity index (χ1) is 18.7. The Morgan fingerprint density at radius 1 is 1.03 bits per heavy atom. The van der Waals surface area contributed by atoms with E-state index >= 15 is 0 Å². The second-order valence-corrected chi connectivity index (χ2v) is 11.2. The van der Waals surface area contributed by atoms with Crippen LogP contribution in [-0.4, -0.2) is 35.7 Å². The Labute approximate surface area is 230 Å². The van der Waals surface area contributed by atoms with Gasteiger partial charge in [-0.3, -0.25) is 24.1 Å². The molecule has 0 aliphatic carbocycles. The van der Waals surface area contributed by atoms with Crippen molar-refractivity contribution < 1.29 is 19.2 Å². The van der Waals surface area contributed by atoms with Gasteiger partial charge in [-0.05, 0) is 48.3 Å². The third-order valence-electron chi connectivity index (χ3n) is 7.85. The summed E-state index contributed by atoms with van der Waals surface area (Å²) < 4.78 is 0. The Bertz CT molecular complexity index is 1210. The predicted octanol–water partition coefficient (Wildman–Crippen LogP) is 3.26. The lowest BCUT2D eigenvalue weighted by Gasteiger charge is -2.30. The Kier molecular flexibility index (Phi) is 9.04. The molecule has 0 unspecified atom stereocenters. The summed E-state index contributed by atoms with van der Waals surface area (Å²) in [5.41, 5.74) is 9.43. The fraction of sp³-hybridized carbons (Fsp3) is 0.484. The molecular weight excluding hydrogens is 492 g/mol. The summed E-state index contributed by atoms with van der Waals surface area (Å²) in [6.07, 6.45) is 3.18. The summed E-state index contributed by atoms with van der Waals surface area (Å²) in [6.45, 7) is 6.33. The molecule has 0 bridgehead atoms. The molecule has 0 fully saturated rings. The summed E-state index contributed by atoms with van der Waals surface area (Å²) in [6, 6.07) is 14.0. The molecule has 0 aromatic heterocycles. The largest absolute Gasteiger partial charge is 0.369 e. The SMILES string of the molecule is CCC[C@H](C(N)=O)[C@@H](CC(C)C)C(=O)N[C@H]1CCc2cccc3c2N(C1=O)[C@H](C(=O)NCc1ccccc1)C3. The normalized spacial score (nSPS) is 19.7. The van der Waals surface area contributed by atoms with Gasteiger partial charge in [0.2, 0.25) is 23.6 Å². The standard InChI is InChI=1S/C31H40N4O4/c1-4-9-23(28(32)36)24(16-19(2)3)29(37)34-25-15-14-21-12-8-13-22-17-26(35(27(21)22)31(25)39)30(38)33-18-20-10-6-5-7-11-20/h5-8,10-13,19,23-26H,4,9,14-18H2,1-3H3,(H2,32,36)(H,33,38)(H,34,37)/t23-,24+,25-,26-/m0/s1. The van der Waals surface area contributed by atoms with Gasteiger partial charge in [0.1, 0.15) is 12.1 Å². The van der Waals surface area contributed by atoms with Gasteiger partial charge in [-0.25, -0.2) is 0 Å². The minimum absolute atomic E-state index is 0.173. The molecule has 0 radical (unpaired) electrons. The van der Waals surface area contributed by atoms with Crippen LogP contribution in [0.15, 0.2) is 48.5 Å². The van der Waals surface area contributed by atoms with E-state index in [1.54, 1.807) is 4.90 Å². The van der Waals surface area contributed by atoms with Gasteiger partial charge in [0.25, 0.3) is 0 Å². The Balaban J connectivity index is 1.57. The van der Waals surface area contributed by atoms with Gasteiger partial charge >= 0.3 is 0 Å². The van der Waals surface area contributed by atoms with E-state index in [0.29, 0.717) is 38.6 Å². The molecule has 8 heteroatoms. The van der Waals surface area contributed by atoms with Crippen molar-refractivity contribution in [1.82, 2.24) is 10.6 Å². The van der Waals surface area contributed by atoms with Crippen molar-refractivity contribution >= 4 is 29.3 Å². The number of primary amides is 1. The third kappa shape index (κ3) is 6.32. The zero-order chi connectivity index (χ0) is 28.1. The number of carbonyl (C=O) groups is 4. The number of benzene rings is 2. The number of para-hydroxylation sites is 1. The molecule has 0 spiro atoms. The lowest BCUT2D eigenvalue weighted by molar-refractivity contribution is -0.136. The van der Waals surface area contributed by atoms with E-state index in [0.717, 1.165) is 28.8 Å². The van der Waals surface area contributed by atoms with E-state index in [2.05, 4.69) is 10.6 Å². The first-order valence-electron chi connectivity index (χ1n) is 14.1. The lowest BCUT2D eigenvalue weighted by Crippen LogP contribution is -2.55. The number of hydrogen-bond acceptors (Lipinski definition) is 4. The molecule has 0 saturated heterocycles. The van der Waals surface area contributed by atoms with Crippen molar-refractivity contribution in [1.29, 1.82) is 0 Å². The highest BCUT2D eigenvalue weighted by atomic mass is 16.2. The van der Waals surface area contributed by atoms with Crippen LogP contribution in [0.3, 0.4) is 0 Å². The lowest BCUT2D eigenvalue weighted by atomic mass is 9.81. The molecule has 0 saturated carbocycles. The number of aryl methyl sites for hydroxylation is 1. The molecule has 2 aliphatic rings. The van der Waals surface area contributed by atoms with Crippen LogP contribution >= 0.6 is 0 Å². The number of amides is 4. The Morgan fingerprint density at radius 3 is 2.41 bits per heavy atom. The van der Waals surface area contributed by atoms with E-state index in [1.807, 2.05) is 69.3 Å². The average molecular weight is 533 g/mol. The monoisotopic (exact) mass is 532 g/mol. The second-order valence-electron chi connectivity index (χ2n) is 11.2. The van der Waals surface area contributed by atoms with Crippen LogP contribution in [-0.2, 0) is 38.6 Å². The number of hydrogen-bond donors (Lipinski definition) is 3. The molecule has 4 atom stereocenters. The van der Waals surface area contributed by atoms with Crippen molar-refractivity contribution in [2.24, 2.45) is 23.5 Å². The van der Waals surface area contributed by atoms with Crippen LogP contribution in [0.2, 0.25) is 0 Å². The fourth-order valence-electron chi connectivity index (χ4n) is 5.97. The maximum absolute atomic E-state index is 14.0. The van der Waals surface area contributed by atoms with Crippen LogP contribution in [0.5, 0.6) is 0 Å². The maximum atomic E-state index is 14.0. The van der Waals surface area contributed by atoms with Gasteiger partial charge in [-0.2, -0.15) is 0 Å². The molecular formula is C31H40N4O4. The van der Waals surface area contributed by atoms with Gasteiger partial charge in [0.05, 0.1) is 5.69 Å². The molecule has 2 heterocycles. The number of rotatable bonds is 11. The van der Waals surface area contributed by atoms with Crippen molar-refractivity contribution in [2.75, 3.05) is 4.90 Å². The highest BCUT2D eigenvalue weighted by Gasteiger charge is 2.44. The molecule has 4 amide bonds. The van der Waals surface area contributed by atoms with Crippen LogP contribution in [0.25, 0.3) is 0 Å². The summed E-state index contributed by atoms with van der Waals surface area (Å²) in [5.74, 6) is -2.36. The molecule has 4 rings (SSSR count). The molecule has 2 aliphatic heterocycles. The summed E-state index contributed by atoms with van der Waals surface area (Å²) in [5, 5.41) is 5.97. The predicted molar refractivity (Wildman–Crippen MR) is 150 cm³/mol. The van der Waals surface area contributed by atoms with Gasteiger partial charge in [0.15, 0.2) is 0 Å². The zero-order valence-corrected chi connectivity index (χ0v) is 23.1. The molecule has 208 valence electrons. The molecule has 4 N–H and O–H groups in total. The smallest absolute Gasteiger partial charge is 0.250 e. The summed E-state index contributed by atoms with van der Waals surface area (Å²) in [4.78, 5) is 54.9. The number of nitrogens with one attached hydrogen (secondary N) is 2. The van der Waals surface area contributed by atoms with Gasteiger partial charge in [-0.15, -0.1) is 0 Å². The first kappa shape index (κ1) is 28.3. The van der Waals surface area contributed by atoms with Gasteiger partial charge < -0.3 is 16.4 Å². The summed E-state index contributed by atoms with van der Waals surface area (Å²) >= 11 is 0. The summed E-state index contributed by atoms with van der Waals surface area (Å²) in [7, 11) is 0. The second kappa shape index (κ2) is 12.5.